The maximum Gasteiger partial charge on any atom is 0.255 e. The third kappa shape index (κ3) is 3.97. The minimum atomic E-state index is -0.146. The molecule has 1 saturated heterocycles. The second-order valence-electron chi connectivity index (χ2n) is 7.02. The fraction of sp³-hybridized carbons (Fsp3) is 0.286. The highest BCUT2D eigenvalue weighted by Crippen LogP contribution is 2.36. The molecule has 2 aliphatic heterocycles. The number of nitrogens with zero attached hydrogens (tertiary/aromatic N) is 2. The topological polar surface area (TPSA) is 69.7 Å². The second-order valence-corrected chi connectivity index (χ2v) is 8.81. The van der Waals surface area contributed by atoms with E-state index in [1.165, 1.54) is 11.8 Å². The van der Waals surface area contributed by atoms with Gasteiger partial charge in [-0.1, -0.05) is 23.7 Å². The van der Waals surface area contributed by atoms with Gasteiger partial charge in [-0.2, -0.15) is 0 Å². The number of rotatable bonds is 2. The SMILES string of the molecule is CC1Sc2ccc(C(=O)N3CCN(C(=O)c4ccccc4Cl)CC3)cc2NC1=O. The Morgan fingerprint density at radius 2 is 1.69 bits per heavy atom. The molecule has 1 atom stereocenters. The molecule has 2 aliphatic rings. The maximum absolute atomic E-state index is 12.9. The number of fused-ring (bicyclic) bond motifs is 1. The molecule has 3 amide bonds. The molecule has 0 radical (unpaired) electrons. The van der Waals surface area contributed by atoms with Gasteiger partial charge in [-0.3, -0.25) is 14.4 Å². The van der Waals surface area contributed by atoms with Crippen LogP contribution in [0.1, 0.15) is 27.6 Å². The second kappa shape index (κ2) is 8.08. The lowest BCUT2D eigenvalue weighted by molar-refractivity contribution is -0.115. The molecule has 4 rings (SSSR count). The number of halogens is 1. The first-order valence-corrected chi connectivity index (χ1v) is 10.6. The van der Waals surface area contributed by atoms with Gasteiger partial charge in [-0.05, 0) is 37.3 Å². The molecule has 2 aromatic carbocycles. The van der Waals surface area contributed by atoms with E-state index in [-0.39, 0.29) is 23.0 Å². The highest BCUT2D eigenvalue weighted by molar-refractivity contribution is 8.00. The first-order valence-electron chi connectivity index (χ1n) is 9.38. The Bertz CT molecular complexity index is 989. The zero-order valence-corrected chi connectivity index (χ0v) is 17.4. The number of benzene rings is 2. The molecule has 1 N–H and O–H groups in total. The minimum absolute atomic E-state index is 0.0567. The number of piperazine rings is 1. The Balaban J connectivity index is 1.42. The lowest BCUT2D eigenvalue weighted by Gasteiger charge is -2.35. The summed E-state index contributed by atoms with van der Waals surface area (Å²) in [6, 6.07) is 12.4. The molecule has 0 aromatic heterocycles. The molecule has 0 bridgehead atoms. The van der Waals surface area contributed by atoms with E-state index in [9.17, 15) is 14.4 Å². The molecular weight excluding hydrogens is 410 g/mol. The van der Waals surface area contributed by atoms with Crippen molar-refractivity contribution in [3.8, 4) is 0 Å². The summed E-state index contributed by atoms with van der Waals surface area (Å²) in [4.78, 5) is 41.9. The normalized spacial score (nSPS) is 18.8. The number of nitrogens with one attached hydrogen (secondary N) is 1. The van der Waals surface area contributed by atoms with Crippen molar-refractivity contribution in [3.05, 3.63) is 58.6 Å². The van der Waals surface area contributed by atoms with Crippen LogP contribution in [0.15, 0.2) is 47.4 Å². The molecule has 0 spiro atoms. The predicted octanol–water partition coefficient (Wildman–Crippen LogP) is 3.37. The summed E-state index contributed by atoms with van der Waals surface area (Å²) in [7, 11) is 0. The summed E-state index contributed by atoms with van der Waals surface area (Å²) >= 11 is 7.62. The van der Waals surface area contributed by atoms with E-state index in [0.717, 1.165) is 4.90 Å². The van der Waals surface area contributed by atoms with Crippen molar-refractivity contribution in [2.24, 2.45) is 0 Å². The third-order valence-electron chi connectivity index (χ3n) is 5.12. The van der Waals surface area contributed by atoms with Gasteiger partial charge in [-0.15, -0.1) is 11.8 Å². The summed E-state index contributed by atoms with van der Waals surface area (Å²) in [5.41, 5.74) is 1.69. The van der Waals surface area contributed by atoms with Gasteiger partial charge in [0.15, 0.2) is 0 Å². The quantitative estimate of drug-likeness (QED) is 0.794. The Morgan fingerprint density at radius 1 is 1.03 bits per heavy atom. The van der Waals surface area contributed by atoms with Crippen molar-refractivity contribution in [2.45, 2.75) is 17.1 Å². The van der Waals surface area contributed by atoms with Crippen LogP contribution in [0, 0.1) is 0 Å². The average molecular weight is 430 g/mol. The fourth-order valence-electron chi connectivity index (χ4n) is 3.44. The number of carbonyl (C=O) groups excluding carboxylic acids is 3. The summed E-state index contributed by atoms with van der Waals surface area (Å²) in [5, 5.41) is 3.14. The summed E-state index contributed by atoms with van der Waals surface area (Å²) < 4.78 is 0. The monoisotopic (exact) mass is 429 g/mol. The van der Waals surface area contributed by atoms with E-state index >= 15 is 0 Å². The molecular formula is C21H20ClN3O3S. The molecule has 2 heterocycles. The summed E-state index contributed by atoms with van der Waals surface area (Å²) in [5.74, 6) is -0.278. The molecule has 6 nitrogen and oxygen atoms in total. The standard InChI is InChI=1S/C21H20ClN3O3S/c1-13-19(26)23-17-12-14(6-7-18(17)29-13)20(27)24-8-10-25(11-9-24)21(28)15-4-2-3-5-16(15)22/h2-7,12-13H,8-11H2,1H3,(H,23,26). The van der Waals surface area contributed by atoms with Crippen LogP contribution < -0.4 is 5.32 Å². The van der Waals surface area contributed by atoms with E-state index < -0.39 is 0 Å². The lowest BCUT2D eigenvalue weighted by atomic mass is 10.1. The summed E-state index contributed by atoms with van der Waals surface area (Å²) in [6.45, 7) is 3.65. The van der Waals surface area contributed by atoms with Gasteiger partial charge in [0.05, 0.1) is 21.5 Å². The van der Waals surface area contributed by atoms with Crippen molar-refractivity contribution >= 4 is 46.8 Å². The van der Waals surface area contributed by atoms with Crippen molar-refractivity contribution in [1.82, 2.24) is 9.80 Å². The molecule has 0 aliphatic carbocycles. The predicted molar refractivity (Wildman–Crippen MR) is 114 cm³/mol. The van der Waals surface area contributed by atoms with Gasteiger partial charge in [0.2, 0.25) is 5.91 Å². The number of carbonyl (C=O) groups is 3. The van der Waals surface area contributed by atoms with Gasteiger partial charge < -0.3 is 15.1 Å². The summed E-state index contributed by atoms with van der Waals surface area (Å²) in [6.07, 6.45) is 0. The zero-order chi connectivity index (χ0) is 20.5. The van der Waals surface area contributed by atoms with E-state index in [2.05, 4.69) is 5.32 Å². The first-order chi connectivity index (χ1) is 13.9. The van der Waals surface area contributed by atoms with E-state index in [1.807, 2.05) is 13.0 Å². The van der Waals surface area contributed by atoms with Crippen molar-refractivity contribution < 1.29 is 14.4 Å². The van der Waals surface area contributed by atoms with Gasteiger partial charge >= 0.3 is 0 Å². The Morgan fingerprint density at radius 3 is 2.38 bits per heavy atom. The van der Waals surface area contributed by atoms with Crippen LogP contribution in [-0.4, -0.2) is 59.0 Å². The van der Waals surface area contributed by atoms with Crippen LogP contribution in [0.25, 0.3) is 0 Å². The van der Waals surface area contributed by atoms with Crippen LogP contribution in [0.5, 0.6) is 0 Å². The molecule has 2 aromatic rings. The van der Waals surface area contributed by atoms with Crippen molar-refractivity contribution in [1.29, 1.82) is 0 Å². The van der Waals surface area contributed by atoms with Crippen LogP contribution in [0.4, 0.5) is 5.69 Å². The van der Waals surface area contributed by atoms with E-state index in [0.29, 0.717) is 48.0 Å². The number of thioether (sulfide) groups is 1. The molecule has 1 fully saturated rings. The molecule has 29 heavy (non-hydrogen) atoms. The van der Waals surface area contributed by atoms with Crippen LogP contribution in [0.3, 0.4) is 0 Å². The smallest absolute Gasteiger partial charge is 0.255 e. The van der Waals surface area contributed by atoms with Crippen LogP contribution in [0.2, 0.25) is 5.02 Å². The Hall–Kier alpha value is -2.51. The minimum Gasteiger partial charge on any atom is -0.335 e. The molecule has 8 heteroatoms. The van der Waals surface area contributed by atoms with Gasteiger partial charge in [0.1, 0.15) is 0 Å². The van der Waals surface area contributed by atoms with Gasteiger partial charge in [0, 0.05) is 36.6 Å². The fourth-order valence-corrected chi connectivity index (χ4v) is 4.59. The number of anilines is 1. The molecule has 0 saturated carbocycles. The zero-order valence-electron chi connectivity index (χ0n) is 15.9. The number of amides is 3. The first kappa shape index (κ1) is 19.8. The van der Waals surface area contributed by atoms with Gasteiger partial charge in [-0.25, -0.2) is 0 Å². The third-order valence-corrected chi connectivity index (χ3v) is 6.62. The van der Waals surface area contributed by atoms with Gasteiger partial charge in [0.25, 0.3) is 11.8 Å². The largest absolute Gasteiger partial charge is 0.335 e. The molecule has 1 unspecified atom stereocenters. The number of hydrogen-bond acceptors (Lipinski definition) is 4. The highest BCUT2D eigenvalue weighted by atomic mass is 35.5. The van der Waals surface area contributed by atoms with Crippen molar-refractivity contribution in [2.75, 3.05) is 31.5 Å². The lowest BCUT2D eigenvalue weighted by Crippen LogP contribution is -2.50. The Kier molecular flexibility index (Phi) is 5.52. The molecule has 150 valence electrons. The van der Waals surface area contributed by atoms with Crippen molar-refractivity contribution in [3.63, 3.8) is 0 Å². The average Bonchev–Trinajstić information content (AvgIpc) is 2.74. The van der Waals surface area contributed by atoms with Crippen LogP contribution >= 0.6 is 23.4 Å². The van der Waals surface area contributed by atoms with E-state index in [1.54, 1.807) is 46.2 Å². The maximum atomic E-state index is 12.9. The highest BCUT2D eigenvalue weighted by Gasteiger charge is 2.28. The van der Waals surface area contributed by atoms with E-state index in [4.69, 9.17) is 11.6 Å². The number of hydrogen-bond donors (Lipinski definition) is 1. The Labute approximate surface area is 178 Å². The van der Waals surface area contributed by atoms with Crippen LogP contribution in [-0.2, 0) is 4.79 Å².